The van der Waals surface area contributed by atoms with Crippen LogP contribution in [-0.4, -0.2) is 0 Å². The third kappa shape index (κ3) is 2.09. The fraction of sp³-hybridized carbons (Fsp3) is 0.300. The van der Waals surface area contributed by atoms with Crippen molar-refractivity contribution in [2.75, 3.05) is 0 Å². The summed E-state index contributed by atoms with van der Waals surface area (Å²) in [6, 6.07) is 10.2. The number of hydrogen-bond acceptors (Lipinski definition) is 1. The van der Waals surface area contributed by atoms with E-state index in [2.05, 4.69) is 22.0 Å². The van der Waals surface area contributed by atoms with Gasteiger partial charge < -0.3 is 0 Å². The summed E-state index contributed by atoms with van der Waals surface area (Å²) in [6.07, 6.45) is 0.873. The normalized spacial score (nSPS) is 12.1. The molecule has 0 saturated carbocycles. The van der Waals surface area contributed by atoms with Crippen LogP contribution in [0.15, 0.2) is 28.7 Å². The Kier molecular flexibility index (Phi) is 3.31. The van der Waals surface area contributed by atoms with Gasteiger partial charge in [-0.05, 0) is 24.1 Å². The van der Waals surface area contributed by atoms with E-state index in [1.165, 1.54) is 0 Å². The van der Waals surface area contributed by atoms with Crippen molar-refractivity contribution in [1.82, 2.24) is 0 Å². The van der Waals surface area contributed by atoms with Crippen LogP contribution in [0.25, 0.3) is 0 Å². The summed E-state index contributed by atoms with van der Waals surface area (Å²) in [5.41, 5.74) is 1.10. The van der Waals surface area contributed by atoms with E-state index in [1.807, 2.05) is 31.2 Å². The van der Waals surface area contributed by atoms with E-state index < -0.39 is 0 Å². The highest BCUT2D eigenvalue weighted by atomic mass is 79.9. The molecule has 1 atom stereocenters. The highest BCUT2D eigenvalue weighted by Crippen LogP contribution is 2.20. The summed E-state index contributed by atoms with van der Waals surface area (Å²) in [7, 11) is 0. The van der Waals surface area contributed by atoms with Gasteiger partial charge in [0.25, 0.3) is 0 Å². The first-order valence-electron chi connectivity index (χ1n) is 3.93. The van der Waals surface area contributed by atoms with Crippen molar-refractivity contribution in [3.8, 4) is 6.07 Å². The maximum absolute atomic E-state index is 8.79. The van der Waals surface area contributed by atoms with Crippen LogP contribution >= 0.6 is 15.9 Å². The smallest absolute Gasteiger partial charge is 0.0710 e. The molecule has 0 spiro atoms. The standard InChI is InChI=1S/C10H10BrN/c1-2-8(7-12)9-3-5-10(11)6-4-9/h3-6,8H,2H2,1H3/t8-/m0/s1. The van der Waals surface area contributed by atoms with E-state index in [-0.39, 0.29) is 5.92 Å². The molecule has 0 aliphatic heterocycles. The summed E-state index contributed by atoms with van der Waals surface area (Å²) in [5.74, 6) is 0.0399. The van der Waals surface area contributed by atoms with E-state index in [0.717, 1.165) is 16.5 Å². The Balaban J connectivity index is 2.89. The lowest BCUT2D eigenvalue weighted by atomic mass is 9.98. The van der Waals surface area contributed by atoms with Crippen LogP contribution in [0.4, 0.5) is 0 Å². The largest absolute Gasteiger partial charge is 0.198 e. The molecule has 1 aromatic carbocycles. The van der Waals surface area contributed by atoms with Gasteiger partial charge in [0.15, 0.2) is 0 Å². The van der Waals surface area contributed by atoms with Gasteiger partial charge in [0.1, 0.15) is 0 Å². The Hall–Kier alpha value is -0.810. The molecule has 12 heavy (non-hydrogen) atoms. The Bertz CT molecular complexity index is 284. The van der Waals surface area contributed by atoms with Gasteiger partial charge in [-0.25, -0.2) is 0 Å². The monoisotopic (exact) mass is 223 g/mol. The van der Waals surface area contributed by atoms with Gasteiger partial charge in [-0.3, -0.25) is 0 Å². The number of benzene rings is 1. The zero-order chi connectivity index (χ0) is 8.97. The highest BCUT2D eigenvalue weighted by molar-refractivity contribution is 9.10. The molecular formula is C10H10BrN. The number of nitriles is 1. The van der Waals surface area contributed by atoms with Crippen LogP contribution in [0.2, 0.25) is 0 Å². The molecule has 0 amide bonds. The van der Waals surface area contributed by atoms with Crippen LogP contribution in [0.3, 0.4) is 0 Å². The molecule has 0 aliphatic rings. The summed E-state index contributed by atoms with van der Waals surface area (Å²) in [6.45, 7) is 2.02. The molecule has 0 aliphatic carbocycles. The third-order valence-corrected chi connectivity index (χ3v) is 2.37. The van der Waals surface area contributed by atoms with Crippen molar-refractivity contribution >= 4 is 15.9 Å². The lowest BCUT2D eigenvalue weighted by molar-refractivity contribution is 0.818. The molecule has 0 unspecified atom stereocenters. The van der Waals surface area contributed by atoms with Gasteiger partial charge in [-0.2, -0.15) is 5.26 Å². The third-order valence-electron chi connectivity index (χ3n) is 1.84. The van der Waals surface area contributed by atoms with Crippen molar-refractivity contribution in [3.63, 3.8) is 0 Å². The second-order valence-electron chi connectivity index (χ2n) is 2.64. The molecule has 2 heteroatoms. The molecule has 0 heterocycles. The van der Waals surface area contributed by atoms with Gasteiger partial charge >= 0.3 is 0 Å². The molecule has 0 bridgehead atoms. The van der Waals surface area contributed by atoms with Gasteiger partial charge in [0, 0.05) is 4.47 Å². The SMILES string of the molecule is CC[C@@H](C#N)c1ccc(Br)cc1. The van der Waals surface area contributed by atoms with Crippen LogP contribution < -0.4 is 0 Å². The number of rotatable bonds is 2. The molecule has 0 saturated heterocycles. The number of hydrogen-bond donors (Lipinski definition) is 0. The summed E-state index contributed by atoms with van der Waals surface area (Å²) in [5, 5.41) is 8.79. The first kappa shape index (κ1) is 9.28. The fourth-order valence-electron chi connectivity index (χ4n) is 1.10. The maximum Gasteiger partial charge on any atom is 0.0710 e. The summed E-state index contributed by atoms with van der Waals surface area (Å²) >= 11 is 3.36. The quantitative estimate of drug-likeness (QED) is 0.754. The first-order valence-corrected chi connectivity index (χ1v) is 4.72. The van der Waals surface area contributed by atoms with Crippen molar-refractivity contribution in [1.29, 1.82) is 5.26 Å². The molecule has 62 valence electrons. The second-order valence-corrected chi connectivity index (χ2v) is 3.56. The van der Waals surface area contributed by atoms with E-state index in [0.29, 0.717) is 0 Å². The minimum absolute atomic E-state index is 0.0399. The lowest BCUT2D eigenvalue weighted by Gasteiger charge is -2.04. The first-order chi connectivity index (χ1) is 5.77. The van der Waals surface area contributed by atoms with Crippen LogP contribution in [0, 0.1) is 11.3 Å². The second kappa shape index (κ2) is 4.27. The zero-order valence-corrected chi connectivity index (χ0v) is 8.51. The van der Waals surface area contributed by atoms with Gasteiger partial charge in [0.05, 0.1) is 12.0 Å². The topological polar surface area (TPSA) is 23.8 Å². The lowest BCUT2D eigenvalue weighted by Crippen LogP contribution is -1.92. The minimum atomic E-state index is 0.0399. The summed E-state index contributed by atoms with van der Waals surface area (Å²) in [4.78, 5) is 0. The molecule has 1 aromatic rings. The average Bonchev–Trinajstić information content (AvgIpc) is 2.10. The average molecular weight is 224 g/mol. The molecule has 0 radical (unpaired) electrons. The molecule has 0 N–H and O–H groups in total. The minimum Gasteiger partial charge on any atom is -0.198 e. The Morgan fingerprint density at radius 3 is 2.42 bits per heavy atom. The highest BCUT2D eigenvalue weighted by Gasteiger charge is 2.06. The van der Waals surface area contributed by atoms with Crippen molar-refractivity contribution < 1.29 is 0 Å². The van der Waals surface area contributed by atoms with Gasteiger partial charge in [-0.1, -0.05) is 35.0 Å². The predicted octanol–water partition coefficient (Wildman–Crippen LogP) is 3.47. The number of halogens is 1. The molecular weight excluding hydrogens is 214 g/mol. The van der Waals surface area contributed by atoms with Gasteiger partial charge in [0.2, 0.25) is 0 Å². The maximum atomic E-state index is 8.79. The van der Waals surface area contributed by atoms with Crippen molar-refractivity contribution in [2.45, 2.75) is 19.3 Å². The fourth-order valence-corrected chi connectivity index (χ4v) is 1.36. The Labute approximate surface area is 81.2 Å². The van der Waals surface area contributed by atoms with E-state index in [1.54, 1.807) is 0 Å². The Morgan fingerprint density at radius 1 is 1.42 bits per heavy atom. The van der Waals surface area contributed by atoms with E-state index >= 15 is 0 Å². The number of nitrogens with zero attached hydrogens (tertiary/aromatic N) is 1. The van der Waals surface area contributed by atoms with E-state index in [9.17, 15) is 0 Å². The van der Waals surface area contributed by atoms with Crippen molar-refractivity contribution in [3.05, 3.63) is 34.3 Å². The molecule has 1 nitrogen and oxygen atoms in total. The zero-order valence-electron chi connectivity index (χ0n) is 6.92. The van der Waals surface area contributed by atoms with Crippen molar-refractivity contribution in [2.24, 2.45) is 0 Å². The van der Waals surface area contributed by atoms with Crippen LogP contribution in [0.5, 0.6) is 0 Å². The molecule has 0 aromatic heterocycles. The van der Waals surface area contributed by atoms with E-state index in [4.69, 9.17) is 5.26 Å². The van der Waals surface area contributed by atoms with Gasteiger partial charge in [-0.15, -0.1) is 0 Å². The Morgan fingerprint density at radius 2 is 2.00 bits per heavy atom. The van der Waals surface area contributed by atoms with Crippen LogP contribution in [0.1, 0.15) is 24.8 Å². The predicted molar refractivity (Wildman–Crippen MR) is 52.8 cm³/mol. The van der Waals surface area contributed by atoms with Crippen LogP contribution in [-0.2, 0) is 0 Å². The molecule has 0 fully saturated rings. The molecule has 1 rings (SSSR count). The summed E-state index contributed by atoms with van der Waals surface area (Å²) < 4.78 is 1.05.